The lowest BCUT2D eigenvalue weighted by Crippen LogP contribution is -2.05. The standard InChI is InChI=1S/C15H21N3/c1-13(2)14-4-6-15(7-5-14)17-8-3-10-18-11-9-16-12-18/h4-7,9,11-13,17H,3,8,10H2,1-2H3. The Labute approximate surface area is 109 Å². The minimum Gasteiger partial charge on any atom is -0.385 e. The molecule has 0 fully saturated rings. The molecule has 0 aliphatic carbocycles. The van der Waals surface area contributed by atoms with Crippen LogP contribution in [0.3, 0.4) is 0 Å². The molecule has 1 aromatic heterocycles. The van der Waals surface area contributed by atoms with E-state index in [4.69, 9.17) is 0 Å². The number of aromatic nitrogens is 2. The molecule has 0 aliphatic heterocycles. The largest absolute Gasteiger partial charge is 0.385 e. The lowest BCUT2D eigenvalue weighted by molar-refractivity contribution is 0.661. The Kier molecular flexibility index (Phi) is 4.40. The van der Waals surface area contributed by atoms with Crippen LogP contribution in [0.1, 0.15) is 31.7 Å². The van der Waals surface area contributed by atoms with Crippen molar-refractivity contribution in [2.45, 2.75) is 32.7 Å². The Morgan fingerprint density at radius 3 is 2.61 bits per heavy atom. The van der Waals surface area contributed by atoms with Crippen molar-refractivity contribution < 1.29 is 0 Å². The number of imidazole rings is 1. The molecule has 0 saturated heterocycles. The first-order valence-corrected chi connectivity index (χ1v) is 6.55. The molecule has 3 heteroatoms. The summed E-state index contributed by atoms with van der Waals surface area (Å²) in [6.45, 7) is 6.43. The van der Waals surface area contributed by atoms with Crippen LogP contribution in [-0.4, -0.2) is 16.1 Å². The molecule has 2 rings (SSSR count). The molecule has 18 heavy (non-hydrogen) atoms. The number of aryl methyl sites for hydroxylation is 1. The first-order valence-electron chi connectivity index (χ1n) is 6.55. The van der Waals surface area contributed by atoms with Gasteiger partial charge in [-0.05, 0) is 30.0 Å². The zero-order valence-corrected chi connectivity index (χ0v) is 11.1. The second-order valence-electron chi connectivity index (χ2n) is 4.86. The zero-order valence-electron chi connectivity index (χ0n) is 11.1. The van der Waals surface area contributed by atoms with Crippen LogP contribution in [0.2, 0.25) is 0 Å². The molecule has 1 aromatic carbocycles. The minimum absolute atomic E-state index is 0.597. The SMILES string of the molecule is CC(C)c1ccc(NCCCn2ccnc2)cc1. The van der Waals surface area contributed by atoms with E-state index >= 15 is 0 Å². The topological polar surface area (TPSA) is 29.9 Å². The normalized spacial score (nSPS) is 10.8. The zero-order chi connectivity index (χ0) is 12.8. The Morgan fingerprint density at radius 2 is 2.00 bits per heavy atom. The fraction of sp³-hybridized carbons (Fsp3) is 0.400. The van der Waals surface area contributed by atoms with Gasteiger partial charge in [0.05, 0.1) is 6.33 Å². The van der Waals surface area contributed by atoms with Gasteiger partial charge >= 0.3 is 0 Å². The second-order valence-corrected chi connectivity index (χ2v) is 4.86. The van der Waals surface area contributed by atoms with E-state index in [0.717, 1.165) is 19.5 Å². The Morgan fingerprint density at radius 1 is 1.22 bits per heavy atom. The van der Waals surface area contributed by atoms with E-state index in [9.17, 15) is 0 Å². The van der Waals surface area contributed by atoms with Crippen molar-refractivity contribution in [2.75, 3.05) is 11.9 Å². The molecule has 0 amide bonds. The van der Waals surface area contributed by atoms with Gasteiger partial charge in [-0.15, -0.1) is 0 Å². The molecule has 1 N–H and O–H groups in total. The molecule has 0 unspecified atom stereocenters. The van der Waals surface area contributed by atoms with Crippen LogP contribution in [0.15, 0.2) is 43.0 Å². The predicted molar refractivity (Wildman–Crippen MR) is 75.9 cm³/mol. The summed E-state index contributed by atoms with van der Waals surface area (Å²) >= 11 is 0. The Bertz CT molecular complexity index is 443. The number of hydrogen-bond acceptors (Lipinski definition) is 2. The minimum atomic E-state index is 0.597. The highest BCUT2D eigenvalue weighted by Crippen LogP contribution is 2.16. The summed E-state index contributed by atoms with van der Waals surface area (Å²) in [5.74, 6) is 0.597. The third kappa shape index (κ3) is 3.62. The monoisotopic (exact) mass is 243 g/mol. The van der Waals surface area contributed by atoms with Crippen molar-refractivity contribution in [3.63, 3.8) is 0 Å². The number of nitrogens with one attached hydrogen (secondary N) is 1. The van der Waals surface area contributed by atoms with E-state index in [1.807, 2.05) is 18.7 Å². The van der Waals surface area contributed by atoms with E-state index in [1.165, 1.54) is 11.3 Å². The average molecular weight is 243 g/mol. The van der Waals surface area contributed by atoms with Gasteiger partial charge in [-0.1, -0.05) is 26.0 Å². The summed E-state index contributed by atoms with van der Waals surface area (Å²) in [7, 11) is 0. The number of anilines is 1. The molecule has 0 atom stereocenters. The molecular weight excluding hydrogens is 222 g/mol. The van der Waals surface area contributed by atoms with E-state index in [1.54, 1.807) is 0 Å². The van der Waals surface area contributed by atoms with Crippen LogP contribution >= 0.6 is 0 Å². The van der Waals surface area contributed by atoms with Gasteiger partial charge in [0.2, 0.25) is 0 Å². The quantitative estimate of drug-likeness (QED) is 0.787. The number of benzene rings is 1. The Hall–Kier alpha value is -1.77. The van der Waals surface area contributed by atoms with Gasteiger partial charge < -0.3 is 9.88 Å². The first-order chi connectivity index (χ1) is 8.75. The summed E-state index contributed by atoms with van der Waals surface area (Å²) in [6.07, 6.45) is 6.77. The van der Waals surface area contributed by atoms with Crippen molar-refractivity contribution in [3.05, 3.63) is 48.5 Å². The van der Waals surface area contributed by atoms with Gasteiger partial charge in [-0.25, -0.2) is 4.98 Å². The number of nitrogens with zero attached hydrogens (tertiary/aromatic N) is 2. The molecule has 0 aliphatic rings. The second kappa shape index (κ2) is 6.24. The van der Waals surface area contributed by atoms with Crippen LogP contribution in [0.25, 0.3) is 0 Å². The highest BCUT2D eigenvalue weighted by Gasteiger charge is 1.98. The van der Waals surface area contributed by atoms with Crippen molar-refractivity contribution >= 4 is 5.69 Å². The van der Waals surface area contributed by atoms with Crippen LogP contribution in [0.5, 0.6) is 0 Å². The third-order valence-electron chi connectivity index (χ3n) is 3.06. The first kappa shape index (κ1) is 12.7. The summed E-state index contributed by atoms with van der Waals surface area (Å²) in [5, 5.41) is 3.44. The molecule has 0 radical (unpaired) electrons. The molecule has 1 heterocycles. The highest BCUT2D eigenvalue weighted by molar-refractivity contribution is 5.44. The summed E-state index contributed by atoms with van der Waals surface area (Å²) < 4.78 is 2.10. The molecule has 96 valence electrons. The summed E-state index contributed by atoms with van der Waals surface area (Å²) in [5.41, 5.74) is 2.59. The molecule has 3 nitrogen and oxygen atoms in total. The van der Waals surface area contributed by atoms with E-state index in [-0.39, 0.29) is 0 Å². The van der Waals surface area contributed by atoms with E-state index in [0.29, 0.717) is 5.92 Å². The van der Waals surface area contributed by atoms with Gasteiger partial charge in [-0.2, -0.15) is 0 Å². The van der Waals surface area contributed by atoms with Crippen LogP contribution in [0.4, 0.5) is 5.69 Å². The van der Waals surface area contributed by atoms with Crippen molar-refractivity contribution in [1.82, 2.24) is 9.55 Å². The van der Waals surface area contributed by atoms with Gasteiger partial charge in [0.15, 0.2) is 0 Å². The average Bonchev–Trinajstić information content (AvgIpc) is 2.88. The highest BCUT2D eigenvalue weighted by atomic mass is 15.0. The molecule has 2 aromatic rings. The van der Waals surface area contributed by atoms with Crippen LogP contribution in [-0.2, 0) is 6.54 Å². The molecule has 0 bridgehead atoms. The van der Waals surface area contributed by atoms with Crippen LogP contribution < -0.4 is 5.32 Å². The van der Waals surface area contributed by atoms with Crippen molar-refractivity contribution in [1.29, 1.82) is 0 Å². The van der Waals surface area contributed by atoms with Gasteiger partial charge in [0.1, 0.15) is 0 Å². The fourth-order valence-electron chi connectivity index (χ4n) is 1.90. The van der Waals surface area contributed by atoms with Crippen LogP contribution in [0, 0.1) is 0 Å². The van der Waals surface area contributed by atoms with Crippen molar-refractivity contribution in [2.24, 2.45) is 0 Å². The maximum absolute atomic E-state index is 4.03. The fourth-order valence-corrected chi connectivity index (χ4v) is 1.90. The van der Waals surface area contributed by atoms with Gasteiger partial charge in [-0.3, -0.25) is 0 Å². The lowest BCUT2D eigenvalue weighted by atomic mass is 10.0. The molecular formula is C15H21N3. The van der Waals surface area contributed by atoms with E-state index < -0.39 is 0 Å². The molecule has 0 spiro atoms. The maximum atomic E-state index is 4.03. The van der Waals surface area contributed by atoms with Gasteiger partial charge in [0, 0.05) is 31.2 Å². The Balaban J connectivity index is 1.73. The maximum Gasteiger partial charge on any atom is 0.0945 e. The predicted octanol–water partition coefficient (Wildman–Crippen LogP) is 3.51. The summed E-state index contributed by atoms with van der Waals surface area (Å²) in [6, 6.07) is 8.71. The summed E-state index contributed by atoms with van der Waals surface area (Å²) in [4.78, 5) is 4.03. The molecule has 0 saturated carbocycles. The van der Waals surface area contributed by atoms with Crippen molar-refractivity contribution in [3.8, 4) is 0 Å². The smallest absolute Gasteiger partial charge is 0.0945 e. The number of rotatable bonds is 6. The number of hydrogen-bond donors (Lipinski definition) is 1. The van der Waals surface area contributed by atoms with E-state index in [2.05, 4.69) is 53.0 Å². The third-order valence-corrected chi connectivity index (χ3v) is 3.06. The lowest BCUT2D eigenvalue weighted by Gasteiger charge is -2.09. The van der Waals surface area contributed by atoms with Gasteiger partial charge in [0.25, 0.3) is 0 Å².